The number of ether oxygens (including phenoxy) is 1. The summed E-state index contributed by atoms with van der Waals surface area (Å²) >= 11 is 0. The van der Waals surface area contributed by atoms with Crippen LogP contribution in [0.1, 0.15) is 19.8 Å². The van der Waals surface area contributed by atoms with Crippen molar-refractivity contribution in [2.45, 2.75) is 38.5 Å². The molecule has 10 nitrogen and oxygen atoms in total. The molecule has 2 aromatic heterocycles. The standard InChI is InChI=1S/C26H25F4N7O3/c1-14(35-19-11-31-13-34-24(38)21(19)26(28,29)30)3-2-6-37-7-4-15-9-17(18(27)10-16(15)25(37)39)22-33-12-20-23(36-22)32-5-8-40-20/h4,7,9-12,14,35H,2-3,5-6,8,13H2,1H3,(H,34,38)(H,32,33,36)/t14-/m0/s1. The second kappa shape index (κ2) is 10.9. The first-order chi connectivity index (χ1) is 19.1. The molecule has 0 unspecified atom stereocenters. The Balaban J connectivity index is 1.29. The Labute approximate surface area is 225 Å². The highest BCUT2D eigenvalue weighted by molar-refractivity contribution is 6.01. The highest BCUT2D eigenvalue weighted by atomic mass is 19.4. The van der Waals surface area contributed by atoms with Gasteiger partial charge in [-0.2, -0.15) is 13.2 Å². The number of benzene rings is 1. The molecule has 1 amide bonds. The summed E-state index contributed by atoms with van der Waals surface area (Å²) in [5, 5.41) is 8.56. The molecule has 0 aliphatic carbocycles. The number of rotatable bonds is 7. The normalized spacial score (nSPS) is 16.1. The summed E-state index contributed by atoms with van der Waals surface area (Å²) in [6.45, 7) is 2.71. The maximum atomic E-state index is 15.1. The smallest absolute Gasteiger partial charge is 0.423 e. The molecule has 0 saturated carbocycles. The van der Waals surface area contributed by atoms with E-state index in [1.807, 2.05) is 0 Å². The maximum absolute atomic E-state index is 15.1. The number of allylic oxidation sites excluding steroid dienone is 1. The molecule has 2 aliphatic heterocycles. The average molecular weight is 560 g/mol. The first kappa shape index (κ1) is 27.1. The minimum atomic E-state index is -4.85. The highest BCUT2D eigenvalue weighted by Gasteiger charge is 2.42. The first-order valence-electron chi connectivity index (χ1n) is 12.5. The number of halogens is 4. The zero-order valence-electron chi connectivity index (χ0n) is 21.3. The number of pyridine rings is 1. The first-order valence-corrected chi connectivity index (χ1v) is 12.5. The molecule has 0 bridgehead atoms. The molecule has 5 rings (SSSR count). The Bertz CT molecular complexity index is 1580. The highest BCUT2D eigenvalue weighted by Crippen LogP contribution is 2.30. The number of amides is 1. The summed E-state index contributed by atoms with van der Waals surface area (Å²) in [7, 11) is 0. The van der Waals surface area contributed by atoms with Gasteiger partial charge in [-0.25, -0.2) is 14.4 Å². The summed E-state index contributed by atoms with van der Waals surface area (Å²) in [4.78, 5) is 37.3. The summed E-state index contributed by atoms with van der Waals surface area (Å²) < 4.78 is 62.3. The summed E-state index contributed by atoms with van der Waals surface area (Å²) in [5.41, 5.74) is -2.00. The molecule has 0 fully saturated rings. The number of carbonyl (C=O) groups excluding carboxylic acids is 1. The Morgan fingerprint density at radius 3 is 2.85 bits per heavy atom. The second-order valence-electron chi connectivity index (χ2n) is 9.37. The van der Waals surface area contributed by atoms with E-state index in [1.165, 1.54) is 16.8 Å². The molecule has 0 radical (unpaired) electrons. The van der Waals surface area contributed by atoms with Crippen molar-refractivity contribution in [1.82, 2.24) is 25.2 Å². The molecular weight excluding hydrogens is 534 g/mol. The molecule has 3 aromatic rings. The summed E-state index contributed by atoms with van der Waals surface area (Å²) in [6.07, 6.45) is 0.00541. The van der Waals surface area contributed by atoms with Crippen molar-refractivity contribution in [1.29, 1.82) is 0 Å². The number of anilines is 1. The summed E-state index contributed by atoms with van der Waals surface area (Å²) in [5.74, 6) is -0.799. The molecule has 1 aromatic carbocycles. The van der Waals surface area contributed by atoms with Crippen LogP contribution in [0.5, 0.6) is 5.75 Å². The molecule has 40 heavy (non-hydrogen) atoms. The van der Waals surface area contributed by atoms with Gasteiger partial charge in [0.25, 0.3) is 11.5 Å². The molecule has 0 spiro atoms. The lowest BCUT2D eigenvalue weighted by Crippen LogP contribution is -2.36. The zero-order valence-corrected chi connectivity index (χ0v) is 21.3. The summed E-state index contributed by atoms with van der Waals surface area (Å²) in [6, 6.07) is 3.89. The molecule has 0 saturated heterocycles. The Hall–Kier alpha value is -4.49. The van der Waals surface area contributed by atoms with Crippen molar-refractivity contribution in [3.63, 3.8) is 0 Å². The van der Waals surface area contributed by atoms with E-state index in [0.717, 1.165) is 12.3 Å². The van der Waals surface area contributed by atoms with Gasteiger partial charge in [-0.3, -0.25) is 14.6 Å². The van der Waals surface area contributed by atoms with Gasteiger partial charge in [0, 0.05) is 25.0 Å². The van der Waals surface area contributed by atoms with Crippen molar-refractivity contribution in [2.24, 2.45) is 4.99 Å². The van der Waals surface area contributed by atoms with Crippen LogP contribution in [0.25, 0.3) is 22.2 Å². The third-order valence-electron chi connectivity index (χ3n) is 6.48. The number of aryl methyl sites for hydroxylation is 1. The molecule has 14 heteroatoms. The lowest BCUT2D eigenvalue weighted by molar-refractivity contribution is -0.130. The van der Waals surface area contributed by atoms with Crippen LogP contribution < -0.4 is 26.2 Å². The van der Waals surface area contributed by atoms with Crippen LogP contribution in [0.3, 0.4) is 0 Å². The molecular formula is C26H25F4N7O3. The van der Waals surface area contributed by atoms with E-state index in [1.54, 1.807) is 19.2 Å². The predicted octanol–water partition coefficient (Wildman–Crippen LogP) is 3.13. The van der Waals surface area contributed by atoms with Gasteiger partial charge in [0.05, 0.1) is 29.4 Å². The molecule has 2 aliphatic rings. The minimum absolute atomic E-state index is 0.142. The largest absolute Gasteiger partial charge is 0.486 e. The van der Waals surface area contributed by atoms with E-state index in [0.29, 0.717) is 42.9 Å². The fraction of sp³-hybridized carbons (Fsp3) is 0.346. The van der Waals surface area contributed by atoms with Crippen molar-refractivity contribution < 1.29 is 27.1 Å². The molecule has 1 atom stereocenters. The Morgan fingerprint density at radius 1 is 1.23 bits per heavy atom. The monoisotopic (exact) mass is 559 g/mol. The molecule has 210 valence electrons. The fourth-order valence-corrected chi connectivity index (χ4v) is 4.54. The second-order valence-corrected chi connectivity index (χ2v) is 9.37. The molecule has 3 N–H and O–H groups in total. The van der Waals surface area contributed by atoms with Crippen LogP contribution in [0.2, 0.25) is 0 Å². The quantitative estimate of drug-likeness (QED) is 0.380. The van der Waals surface area contributed by atoms with Crippen molar-refractivity contribution in [3.05, 3.63) is 58.0 Å². The van der Waals surface area contributed by atoms with Crippen LogP contribution in [0, 0.1) is 5.82 Å². The van der Waals surface area contributed by atoms with Gasteiger partial charge in [-0.15, -0.1) is 0 Å². The topological polar surface area (TPSA) is 123 Å². The Morgan fingerprint density at radius 2 is 2.05 bits per heavy atom. The average Bonchev–Trinajstić information content (AvgIpc) is 3.10. The van der Waals surface area contributed by atoms with Crippen molar-refractivity contribution in [2.75, 3.05) is 25.1 Å². The van der Waals surface area contributed by atoms with Crippen molar-refractivity contribution in [3.8, 4) is 17.1 Å². The number of fused-ring (bicyclic) bond motifs is 2. The molecule has 4 heterocycles. The lowest BCUT2D eigenvalue weighted by atomic mass is 10.1. The van der Waals surface area contributed by atoms with Gasteiger partial charge < -0.3 is 25.3 Å². The van der Waals surface area contributed by atoms with E-state index in [9.17, 15) is 22.8 Å². The number of nitrogens with one attached hydrogen (secondary N) is 3. The zero-order chi connectivity index (χ0) is 28.4. The third kappa shape index (κ3) is 5.60. The fourth-order valence-electron chi connectivity index (χ4n) is 4.54. The van der Waals surface area contributed by atoms with Gasteiger partial charge in [0.1, 0.15) is 24.7 Å². The number of nitrogens with zero attached hydrogens (tertiary/aromatic N) is 4. The number of hydrogen-bond acceptors (Lipinski definition) is 8. The third-order valence-corrected chi connectivity index (χ3v) is 6.48. The Kier molecular flexibility index (Phi) is 7.41. The van der Waals surface area contributed by atoms with Gasteiger partial charge in [-0.05, 0) is 43.4 Å². The van der Waals surface area contributed by atoms with Crippen LogP contribution >= 0.6 is 0 Å². The van der Waals surface area contributed by atoms with Crippen LogP contribution in [-0.2, 0) is 11.3 Å². The van der Waals surface area contributed by atoms with E-state index in [-0.39, 0.29) is 30.0 Å². The van der Waals surface area contributed by atoms with E-state index < -0.39 is 40.8 Å². The number of hydrogen-bond donors (Lipinski definition) is 3. The van der Waals surface area contributed by atoms with Crippen LogP contribution in [0.4, 0.5) is 23.4 Å². The number of aliphatic imine (C=N–C) groups is 1. The van der Waals surface area contributed by atoms with Gasteiger partial charge in [0.2, 0.25) is 0 Å². The minimum Gasteiger partial charge on any atom is -0.486 e. The SMILES string of the molecule is C[C@@H](CCCn1ccc2cc(-c3ncc4c(n3)NCCO4)c(F)cc2c1=O)NC1=C(C(F)(F)F)C(=O)NCN=C1. The van der Waals surface area contributed by atoms with E-state index in [4.69, 9.17) is 4.74 Å². The van der Waals surface area contributed by atoms with Crippen LogP contribution in [0.15, 0.2) is 51.6 Å². The van der Waals surface area contributed by atoms with E-state index in [2.05, 4.69) is 30.9 Å². The number of carbonyl (C=O) groups is 1. The van der Waals surface area contributed by atoms with Crippen molar-refractivity contribution >= 4 is 28.7 Å². The number of aromatic nitrogens is 3. The van der Waals surface area contributed by atoms with Gasteiger partial charge in [0.15, 0.2) is 17.4 Å². The van der Waals surface area contributed by atoms with E-state index >= 15 is 4.39 Å². The maximum Gasteiger partial charge on any atom is 0.423 e. The van der Waals surface area contributed by atoms with Gasteiger partial charge >= 0.3 is 6.18 Å². The lowest BCUT2D eigenvalue weighted by Gasteiger charge is -2.19. The number of alkyl halides is 3. The van der Waals surface area contributed by atoms with Crippen LogP contribution in [-0.4, -0.2) is 58.7 Å². The predicted molar refractivity (Wildman–Crippen MR) is 140 cm³/mol. The van der Waals surface area contributed by atoms with Gasteiger partial charge in [-0.1, -0.05) is 0 Å².